The molecule has 0 amide bonds. The van der Waals surface area contributed by atoms with Crippen molar-refractivity contribution in [2.45, 2.75) is 50.0 Å². The number of hydrogen-bond donors (Lipinski definition) is 1. The van der Waals surface area contributed by atoms with Gasteiger partial charge in [-0.25, -0.2) is 9.97 Å². The zero-order valence-electron chi connectivity index (χ0n) is 13.1. The number of carbonyl (C=O) groups is 1. The minimum atomic E-state index is -0.626. The maximum absolute atomic E-state index is 11.5. The van der Waals surface area contributed by atoms with Crippen molar-refractivity contribution in [1.82, 2.24) is 14.9 Å². The van der Waals surface area contributed by atoms with Crippen LogP contribution in [0.25, 0.3) is 0 Å². The Kier molecular flexibility index (Phi) is 7.12. The number of carboxylic acids is 1. The smallest absolute Gasteiger partial charge is 0.308 e. The highest BCUT2D eigenvalue weighted by molar-refractivity contribution is 7.99. The fraction of sp³-hybridized carbons (Fsp3) is 0.688. The molecule has 0 aliphatic carbocycles. The normalized spacial score (nSPS) is 22.6. The molecular weight excluding hydrogens is 298 g/mol. The van der Waals surface area contributed by atoms with Crippen molar-refractivity contribution in [3.05, 3.63) is 18.7 Å². The molecule has 1 aliphatic rings. The zero-order chi connectivity index (χ0) is 15.8. The molecule has 1 aliphatic heterocycles. The lowest BCUT2D eigenvalue weighted by molar-refractivity contribution is -0.146. The van der Waals surface area contributed by atoms with Crippen LogP contribution in [-0.4, -0.2) is 50.8 Å². The van der Waals surface area contributed by atoms with Crippen LogP contribution in [0.1, 0.15) is 39.0 Å². The topological polar surface area (TPSA) is 66.3 Å². The first-order chi connectivity index (χ1) is 10.7. The van der Waals surface area contributed by atoms with Gasteiger partial charge in [-0.1, -0.05) is 13.3 Å². The Hall–Kier alpha value is -1.14. The molecule has 0 aromatic carbocycles. The van der Waals surface area contributed by atoms with Crippen molar-refractivity contribution < 1.29 is 9.90 Å². The summed E-state index contributed by atoms with van der Waals surface area (Å²) >= 11 is 1.76. The van der Waals surface area contributed by atoms with Gasteiger partial charge in [0.25, 0.3) is 0 Å². The number of rotatable bonds is 8. The minimum absolute atomic E-state index is 0.191. The molecule has 2 heterocycles. The van der Waals surface area contributed by atoms with Gasteiger partial charge < -0.3 is 5.11 Å². The largest absolute Gasteiger partial charge is 0.481 e. The van der Waals surface area contributed by atoms with Crippen molar-refractivity contribution in [2.75, 3.05) is 18.8 Å². The lowest BCUT2D eigenvalue weighted by atomic mass is 9.86. The van der Waals surface area contributed by atoms with Gasteiger partial charge in [0.1, 0.15) is 6.33 Å². The lowest BCUT2D eigenvalue weighted by Crippen LogP contribution is -2.48. The van der Waals surface area contributed by atoms with Gasteiger partial charge in [0.15, 0.2) is 0 Å². The van der Waals surface area contributed by atoms with Crippen LogP contribution in [-0.2, 0) is 4.79 Å². The lowest BCUT2D eigenvalue weighted by Gasteiger charge is -2.39. The predicted molar refractivity (Wildman–Crippen MR) is 88.0 cm³/mol. The van der Waals surface area contributed by atoms with Crippen LogP contribution in [0.2, 0.25) is 0 Å². The van der Waals surface area contributed by atoms with Crippen LogP contribution in [0.3, 0.4) is 0 Å². The molecule has 2 rings (SSSR count). The van der Waals surface area contributed by atoms with Crippen LogP contribution >= 0.6 is 11.8 Å². The number of aromatic nitrogens is 2. The number of hydrogen-bond acceptors (Lipinski definition) is 5. The van der Waals surface area contributed by atoms with E-state index in [9.17, 15) is 9.90 Å². The molecule has 2 atom stereocenters. The van der Waals surface area contributed by atoms with Crippen molar-refractivity contribution in [2.24, 2.45) is 5.92 Å². The van der Waals surface area contributed by atoms with Gasteiger partial charge in [-0.15, -0.1) is 11.8 Å². The molecule has 1 saturated heterocycles. The summed E-state index contributed by atoms with van der Waals surface area (Å²) in [6.45, 7) is 4.15. The zero-order valence-corrected chi connectivity index (χ0v) is 14.0. The molecule has 0 bridgehead atoms. The third-order valence-electron chi connectivity index (χ3n) is 4.19. The Morgan fingerprint density at radius 1 is 1.45 bits per heavy atom. The fourth-order valence-electron chi connectivity index (χ4n) is 3.19. The second-order valence-electron chi connectivity index (χ2n) is 5.76. The molecule has 0 saturated carbocycles. The van der Waals surface area contributed by atoms with Gasteiger partial charge in [-0.05, 0) is 44.5 Å². The third-order valence-corrected chi connectivity index (χ3v) is 5.23. The van der Waals surface area contributed by atoms with Crippen LogP contribution in [0.4, 0.5) is 0 Å². The van der Waals surface area contributed by atoms with Crippen LogP contribution in [0.5, 0.6) is 0 Å². The Morgan fingerprint density at radius 3 is 2.91 bits per heavy atom. The summed E-state index contributed by atoms with van der Waals surface area (Å²) in [5, 5.41) is 9.43. The first-order valence-corrected chi connectivity index (χ1v) is 9.05. The van der Waals surface area contributed by atoms with Crippen LogP contribution < -0.4 is 0 Å². The second kappa shape index (κ2) is 9.10. The van der Waals surface area contributed by atoms with E-state index in [1.165, 1.54) is 0 Å². The Bertz CT molecular complexity index is 458. The molecule has 0 spiro atoms. The maximum Gasteiger partial charge on any atom is 0.308 e. The average molecular weight is 323 g/mol. The molecule has 1 aromatic heterocycles. The first kappa shape index (κ1) is 17.2. The Balaban J connectivity index is 1.80. The molecule has 1 N–H and O–H groups in total. The van der Waals surface area contributed by atoms with Crippen molar-refractivity contribution >= 4 is 17.7 Å². The molecule has 6 heteroatoms. The standard InChI is InChI=1S/C16H25N3O2S/c1-2-5-15-14(16(20)21)6-3-7-19(15)8-4-9-22-13-10-17-12-18-11-13/h10-12,14-15H,2-9H2,1H3,(H,20,21). The third kappa shape index (κ3) is 4.95. The highest BCUT2D eigenvalue weighted by Gasteiger charge is 2.34. The van der Waals surface area contributed by atoms with E-state index in [4.69, 9.17) is 0 Å². The predicted octanol–water partition coefficient (Wildman–Crippen LogP) is 2.92. The second-order valence-corrected chi connectivity index (χ2v) is 6.92. The number of nitrogens with zero attached hydrogens (tertiary/aromatic N) is 3. The van der Waals surface area contributed by atoms with E-state index in [0.29, 0.717) is 0 Å². The fourth-order valence-corrected chi connectivity index (χ4v) is 3.97. The van der Waals surface area contributed by atoms with Crippen LogP contribution in [0, 0.1) is 5.92 Å². The number of likely N-dealkylation sites (tertiary alicyclic amines) is 1. The monoisotopic (exact) mass is 323 g/mol. The molecule has 1 fully saturated rings. The molecule has 122 valence electrons. The SMILES string of the molecule is CCCC1C(C(=O)O)CCCN1CCCSc1cncnc1. The summed E-state index contributed by atoms with van der Waals surface area (Å²) in [7, 11) is 0. The summed E-state index contributed by atoms with van der Waals surface area (Å²) in [5.41, 5.74) is 0. The summed E-state index contributed by atoms with van der Waals surface area (Å²) in [6, 6.07) is 0.210. The van der Waals surface area contributed by atoms with Crippen LogP contribution in [0.15, 0.2) is 23.6 Å². The minimum Gasteiger partial charge on any atom is -0.481 e. The quantitative estimate of drug-likeness (QED) is 0.586. The Morgan fingerprint density at radius 2 is 2.23 bits per heavy atom. The van der Waals surface area contributed by atoms with Gasteiger partial charge in [-0.2, -0.15) is 0 Å². The van der Waals surface area contributed by atoms with E-state index in [-0.39, 0.29) is 12.0 Å². The van der Waals surface area contributed by atoms with Gasteiger partial charge in [-0.3, -0.25) is 9.69 Å². The molecule has 2 unspecified atom stereocenters. The molecular formula is C16H25N3O2S. The highest BCUT2D eigenvalue weighted by Crippen LogP contribution is 2.28. The molecule has 1 aromatic rings. The van der Waals surface area contributed by atoms with E-state index in [2.05, 4.69) is 21.8 Å². The van der Waals surface area contributed by atoms with E-state index in [1.807, 2.05) is 12.4 Å². The first-order valence-electron chi connectivity index (χ1n) is 8.07. The number of piperidine rings is 1. The van der Waals surface area contributed by atoms with Gasteiger partial charge in [0, 0.05) is 23.3 Å². The molecule has 5 nitrogen and oxygen atoms in total. The van der Waals surface area contributed by atoms with E-state index in [0.717, 1.165) is 55.8 Å². The average Bonchev–Trinajstić information content (AvgIpc) is 2.53. The van der Waals surface area contributed by atoms with E-state index < -0.39 is 5.97 Å². The summed E-state index contributed by atoms with van der Waals surface area (Å²) < 4.78 is 0. The highest BCUT2D eigenvalue weighted by atomic mass is 32.2. The van der Waals surface area contributed by atoms with E-state index >= 15 is 0 Å². The number of thioether (sulfide) groups is 1. The number of aliphatic carboxylic acids is 1. The van der Waals surface area contributed by atoms with Gasteiger partial charge >= 0.3 is 5.97 Å². The number of carboxylic acid groups (broad SMARTS) is 1. The molecule has 22 heavy (non-hydrogen) atoms. The van der Waals surface area contributed by atoms with Crippen molar-refractivity contribution in [3.8, 4) is 0 Å². The van der Waals surface area contributed by atoms with Crippen molar-refractivity contribution in [3.63, 3.8) is 0 Å². The van der Waals surface area contributed by atoms with E-state index in [1.54, 1.807) is 18.1 Å². The van der Waals surface area contributed by atoms with Crippen molar-refractivity contribution in [1.29, 1.82) is 0 Å². The van der Waals surface area contributed by atoms with Gasteiger partial charge in [0.05, 0.1) is 5.92 Å². The summed E-state index contributed by atoms with van der Waals surface area (Å²) in [5.74, 6) is 0.198. The Labute approximate surface area is 136 Å². The maximum atomic E-state index is 11.5. The summed E-state index contributed by atoms with van der Waals surface area (Å²) in [4.78, 5) is 23.0. The van der Waals surface area contributed by atoms with Gasteiger partial charge in [0.2, 0.25) is 0 Å². The summed E-state index contributed by atoms with van der Waals surface area (Å²) in [6.07, 6.45) is 10.1. The molecule has 0 radical (unpaired) electrons.